The number of rotatable bonds is 4. The van der Waals surface area contributed by atoms with Gasteiger partial charge in [0.25, 0.3) is 0 Å². The van der Waals surface area contributed by atoms with Gasteiger partial charge in [0.1, 0.15) is 0 Å². The molecule has 24 nitrogen and oxygen atoms in total. The van der Waals surface area contributed by atoms with Crippen molar-refractivity contribution in [1.29, 1.82) is 0 Å². The summed E-state index contributed by atoms with van der Waals surface area (Å²) in [5.41, 5.74) is 9.85. The van der Waals surface area contributed by atoms with Crippen molar-refractivity contribution in [3.05, 3.63) is 277 Å². The van der Waals surface area contributed by atoms with Gasteiger partial charge in [0.05, 0.1) is 45.6 Å². The molecule has 0 N–H and O–H groups in total. The van der Waals surface area contributed by atoms with E-state index >= 15 is 0 Å². The maximum atomic E-state index is 12.3. The van der Waals surface area contributed by atoms with Crippen molar-refractivity contribution in [2.75, 3.05) is 0 Å². The largest absolute Gasteiger partial charge is 3.00 e. The van der Waals surface area contributed by atoms with E-state index in [9.17, 15) is 9.59 Å². The zero-order valence-electron chi connectivity index (χ0n) is 43.1. The molecule has 8 aromatic heterocycles. The van der Waals surface area contributed by atoms with Crippen LogP contribution in [-0.2, 0) is 39.0 Å². The van der Waals surface area contributed by atoms with Crippen molar-refractivity contribution in [3.63, 3.8) is 0 Å². The van der Waals surface area contributed by atoms with Gasteiger partial charge >= 0.3 is 39.0 Å². The Kier molecular flexibility index (Phi) is 30.7. The summed E-state index contributed by atoms with van der Waals surface area (Å²) in [4.78, 5) is 58.1. The predicted molar refractivity (Wildman–Crippen MR) is 264 cm³/mol. The smallest absolute Gasteiger partial charge is 0.655 e. The zero-order chi connectivity index (χ0) is 60.1. The molecule has 85 heavy (non-hydrogen) atoms. The second-order valence-corrected chi connectivity index (χ2v) is 17.7. The fourth-order valence-electron chi connectivity index (χ4n) is 6.56. The van der Waals surface area contributed by atoms with Crippen molar-refractivity contribution >= 4 is 22.9 Å². The fraction of sp³-hybridized carbons (Fsp3) is 0. The zero-order valence-corrected chi connectivity index (χ0v) is 48.9. The Morgan fingerprint density at radius 1 is 0.259 bits per heavy atom. The number of allylic oxidation sites excluding steroid dienone is 2. The molecule has 0 spiro atoms. The summed E-state index contributed by atoms with van der Waals surface area (Å²) in [5.74, 6) is -0.471. The Balaban J connectivity index is 0.000000265. The second kappa shape index (κ2) is 36.6. The maximum Gasteiger partial charge on any atom is 3.00 e. The van der Waals surface area contributed by atoms with Crippen LogP contribution in [0.1, 0.15) is 20.7 Å². The fourth-order valence-corrected chi connectivity index (χ4v) is 6.56. The van der Waals surface area contributed by atoms with Crippen molar-refractivity contribution in [1.82, 2.24) is 39.9 Å². The number of pyridine rings is 8. The number of carbonyl (C=O) groups is 2. The summed E-state index contributed by atoms with van der Waals surface area (Å²) in [5, 5.41) is 8.53. The summed E-state index contributed by atoms with van der Waals surface area (Å²) in [6, 6.07) is 60.5. The van der Waals surface area contributed by atoms with E-state index < -0.39 is 30.7 Å². The minimum Gasteiger partial charge on any atom is -0.655 e. The van der Waals surface area contributed by atoms with Gasteiger partial charge in [-0.15, -0.1) is 42.1 Å². The molecule has 0 bridgehead atoms. The third kappa shape index (κ3) is 27.9. The van der Waals surface area contributed by atoms with Crippen LogP contribution in [-0.4, -0.2) is 51.4 Å². The normalized spacial score (nSPS) is 12.1. The number of fused-ring (bicyclic) bond motifs is 2. The van der Waals surface area contributed by atoms with Crippen LogP contribution in [0.4, 0.5) is 11.4 Å². The Morgan fingerprint density at radius 3 is 0.553 bits per heavy atom. The van der Waals surface area contributed by atoms with Gasteiger partial charge in [0.2, 0.25) is 0 Å². The second-order valence-electron chi connectivity index (χ2n) is 15.5. The molecule has 12 rings (SSSR count). The van der Waals surface area contributed by atoms with E-state index in [1.165, 1.54) is 0 Å². The molecule has 0 amide bonds. The first kappa shape index (κ1) is 71.2. The molecular weight excluding hydrogens is 1350 g/mol. The molecule has 0 fully saturated rings. The van der Waals surface area contributed by atoms with E-state index in [-0.39, 0.29) is 61.9 Å². The molecule has 10 heterocycles. The van der Waals surface area contributed by atoms with Crippen molar-refractivity contribution in [2.24, 2.45) is 0 Å². The molecule has 435 valence electrons. The van der Waals surface area contributed by atoms with Crippen LogP contribution in [0, 0.1) is 30.7 Å². The standard InChI is InChI=1S/C16H10N2O2.4C10H8N2.3ClHO4.2Ru/c19-15-9-5-1-3-7-11(9)17-13(15)14-16(20)10-6-2-4-8-12(10)18-14;4*1-3-7-11-9(5-1)10-6-2-4-8-12-10;3*2-1(3,4)5;;/h1-8H,(H2,17,18,19,20);4*1-8H;3*(H,2,3,4,5);;/q;;;;;;;;+2;+3/p-5. The maximum absolute atomic E-state index is 12.3. The van der Waals surface area contributed by atoms with Crippen LogP contribution in [0.2, 0.25) is 0 Å². The summed E-state index contributed by atoms with van der Waals surface area (Å²) in [7, 11) is -14.8. The molecule has 10 aromatic rings. The van der Waals surface area contributed by atoms with Gasteiger partial charge < -0.3 is 10.6 Å². The number of Topliss-reactive ketones (excluding diaryl/α,β-unsaturated/α-hetero) is 2. The quantitative estimate of drug-likeness (QED) is 0.140. The van der Waals surface area contributed by atoms with E-state index in [0.717, 1.165) is 45.6 Å². The first-order valence-corrected chi connectivity index (χ1v) is 26.9. The Morgan fingerprint density at radius 2 is 0.412 bits per heavy atom. The molecule has 2 aliphatic heterocycles. The third-order valence-electron chi connectivity index (χ3n) is 9.79. The van der Waals surface area contributed by atoms with Gasteiger partial charge in [-0.1, -0.05) is 108 Å². The van der Waals surface area contributed by atoms with E-state index in [0.29, 0.717) is 22.5 Å². The molecule has 0 aliphatic carbocycles. The molecule has 1 radical (unpaired) electrons. The van der Waals surface area contributed by atoms with Gasteiger partial charge in [0, 0.05) is 60.7 Å². The average molecular weight is 1390 g/mol. The number of hydrogen-bond acceptors (Lipinski definition) is 22. The molecule has 2 aromatic carbocycles. The van der Waals surface area contributed by atoms with Gasteiger partial charge in [0.15, 0.2) is 11.6 Å². The summed E-state index contributed by atoms with van der Waals surface area (Å²) in [6.07, 6.45) is 14.1. The van der Waals surface area contributed by atoms with Gasteiger partial charge in [-0.2, -0.15) is 0 Å². The number of para-hydroxylation sites is 2. The number of aromatic nitrogens is 8. The number of benzene rings is 2. The summed E-state index contributed by atoms with van der Waals surface area (Å²) in [6.45, 7) is 0. The Labute approximate surface area is 517 Å². The average Bonchev–Trinajstić information content (AvgIpc) is 3.11. The van der Waals surface area contributed by atoms with Crippen LogP contribution in [0.5, 0.6) is 0 Å². The molecular formula is C56H40Cl3N10O14Ru2. The SMILES string of the molecule is O=C1/C(=C2\[N-]c3ccccc3C2=O)[N-]c2ccccc21.[O-][Cl+3]([O-])([O-])[O-].[O-][Cl+3]([O-])([O-])[O-].[O-][Cl+3]([O-])([O-])[O-].[Ru+2].[Ru+3].c1ccc(-c2ccccn2)nc1.c1ccc(-c2ccccn2)nc1.c1ccc(-c2ccccn2)nc1.c1ccc(-c2ccccn2)nc1. The van der Waals surface area contributed by atoms with Crippen LogP contribution >= 0.6 is 0 Å². The van der Waals surface area contributed by atoms with E-state index in [1.807, 2.05) is 158 Å². The molecule has 0 saturated carbocycles. The summed E-state index contributed by atoms with van der Waals surface area (Å²) < 4.78 is 102. The van der Waals surface area contributed by atoms with Crippen molar-refractivity contribution in [3.8, 4) is 45.6 Å². The molecule has 0 saturated heterocycles. The summed E-state index contributed by atoms with van der Waals surface area (Å²) >= 11 is 0. The molecule has 29 heteroatoms. The minimum absolute atomic E-state index is 0. The van der Waals surface area contributed by atoms with Crippen LogP contribution in [0.3, 0.4) is 0 Å². The van der Waals surface area contributed by atoms with Crippen LogP contribution < -0.4 is 55.9 Å². The molecule has 2 aliphatic rings. The molecule has 0 atom stereocenters. The number of halogens is 3. The first-order valence-electron chi connectivity index (χ1n) is 23.2. The monoisotopic (exact) mass is 1380 g/mol. The van der Waals surface area contributed by atoms with Gasteiger partial charge in [-0.05, 0) is 97.1 Å². The van der Waals surface area contributed by atoms with Gasteiger partial charge in [-0.25, -0.2) is 55.9 Å². The van der Waals surface area contributed by atoms with Crippen LogP contribution in [0.15, 0.2) is 255 Å². The first-order chi connectivity index (χ1) is 39.6. The number of carbonyl (C=O) groups excluding carboxylic acids is 2. The predicted octanol–water partition coefficient (Wildman–Crippen LogP) is -1.70. The third-order valence-corrected chi connectivity index (χ3v) is 9.79. The minimum atomic E-state index is -4.94. The van der Waals surface area contributed by atoms with Crippen molar-refractivity contribution in [2.45, 2.75) is 0 Å². The topological polar surface area (TPSA) is 442 Å². The van der Waals surface area contributed by atoms with Crippen LogP contribution in [0.25, 0.3) is 56.2 Å². The molecule has 0 unspecified atom stereocenters. The Hall–Kier alpha value is -8.04. The van der Waals surface area contributed by atoms with E-state index in [2.05, 4.69) is 50.5 Å². The van der Waals surface area contributed by atoms with Crippen molar-refractivity contribution < 1.29 is 135 Å². The number of hydrogen-bond donors (Lipinski definition) is 0. The number of nitrogens with zero attached hydrogens (tertiary/aromatic N) is 10. The number of ketones is 2. The van der Waals surface area contributed by atoms with E-state index in [4.69, 9.17) is 55.9 Å². The Bertz CT molecular complexity index is 2990. The van der Waals surface area contributed by atoms with Gasteiger partial charge in [-0.3, -0.25) is 49.5 Å². The van der Waals surface area contributed by atoms with E-state index in [1.54, 1.807) is 86.0 Å².